The van der Waals surface area contributed by atoms with Crippen LogP contribution in [0.5, 0.6) is 0 Å². The number of rotatable bonds is 5. The topological polar surface area (TPSA) is 65.8 Å². The van der Waals surface area contributed by atoms with E-state index < -0.39 is 0 Å². The van der Waals surface area contributed by atoms with Gasteiger partial charge in [-0.2, -0.15) is 5.26 Å². The smallest absolute Gasteiger partial charge is 0.225 e. The third-order valence-corrected chi connectivity index (χ3v) is 5.60. The van der Waals surface area contributed by atoms with E-state index in [4.69, 9.17) is 4.98 Å². The first-order valence-electron chi connectivity index (χ1n) is 8.99. The lowest BCUT2D eigenvalue weighted by Gasteiger charge is -2.16. The molecule has 1 N–H and O–H groups in total. The number of thioether (sulfide) groups is 1. The maximum Gasteiger partial charge on any atom is 0.225 e. The highest BCUT2D eigenvalue weighted by atomic mass is 32.2. The third kappa shape index (κ3) is 4.44. The maximum atomic E-state index is 12.2. The van der Waals surface area contributed by atoms with Crippen LogP contribution in [-0.2, 0) is 17.6 Å². The number of anilines is 1. The number of nitriles is 1. The van der Waals surface area contributed by atoms with E-state index in [0.717, 1.165) is 41.2 Å². The summed E-state index contributed by atoms with van der Waals surface area (Å²) in [6.07, 6.45) is 4.72. The van der Waals surface area contributed by atoms with E-state index in [0.29, 0.717) is 17.7 Å². The lowest BCUT2D eigenvalue weighted by Crippen LogP contribution is -2.13. The number of pyridine rings is 1. The van der Waals surface area contributed by atoms with Gasteiger partial charge in [0.15, 0.2) is 0 Å². The molecule has 0 bridgehead atoms. The molecule has 134 valence electrons. The Hall–Kier alpha value is -2.32. The lowest BCUT2D eigenvalue weighted by atomic mass is 9.95. The Morgan fingerprint density at radius 2 is 2.08 bits per heavy atom. The molecule has 2 aromatic rings. The Kier molecular flexibility index (Phi) is 5.95. The van der Waals surface area contributed by atoms with Crippen molar-refractivity contribution in [3.63, 3.8) is 0 Å². The Balaban J connectivity index is 1.59. The Morgan fingerprint density at radius 3 is 2.85 bits per heavy atom. The largest absolute Gasteiger partial charge is 0.326 e. The van der Waals surface area contributed by atoms with Gasteiger partial charge in [-0.25, -0.2) is 4.98 Å². The molecule has 0 unspecified atom stereocenters. The van der Waals surface area contributed by atoms with E-state index >= 15 is 0 Å². The number of fused-ring (bicyclic) bond motifs is 1. The van der Waals surface area contributed by atoms with Crippen molar-refractivity contribution in [1.29, 1.82) is 5.26 Å². The van der Waals surface area contributed by atoms with Gasteiger partial charge in [-0.3, -0.25) is 4.79 Å². The van der Waals surface area contributed by atoms with Crippen molar-refractivity contribution in [3.8, 4) is 6.07 Å². The molecule has 0 atom stereocenters. The van der Waals surface area contributed by atoms with Crippen LogP contribution in [0, 0.1) is 25.2 Å². The zero-order valence-corrected chi connectivity index (χ0v) is 16.1. The van der Waals surface area contributed by atoms with E-state index in [-0.39, 0.29) is 5.91 Å². The molecule has 1 amide bonds. The van der Waals surface area contributed by atoms with E-state index in [1.54, 1.807) is 0 Å². The Labute approximate surface area is 159 Å². The molecule has 0 fully saturated rings. The van der Waals surface area contributed by atoms with Crippen LogP contribution in [0.15, 0.2) is 29.3 Å². The molecule has 5 heteroatoms. The number of aromatic nitrogens is 1. The van der Waals surface area contributed by atoms with E-state index in [1.807, 2.05) is 32.0 Å². The van der Waals surface area contributed by atoms with Crippen LogP contribution in [0.1, 0.15) is 47.2 Å². The summed E-state index contributed by atoms with van der Waals surface area (Å²) >= 11 is 1.50. The Bertz CT molecular complexity index is 870. The van der Waals surface area contributed by atoms with Crippen LogP contribution in [0.2, 0.25) is 0 Å². The molecule has 3 rings (SSSR count). The number of aryl methyl sites for hydroxylation is 4. The standard InChI is InChI=1S/C21H23N3OS/c1-14-7-8-18(15(2)11-14)23-20(25)9-10-26-21-17(13-22)12-16-5-3-4-6-19(16)24-21/h7-8,11-12H,3-6,9-10H2,1-2H3,(H,23,25). The van der Waals surface area contributed by atoms with Gasteiger partial charge in [0.25, 0.3) is 0 Å². The Morgan fingerprint density at radius 1 is 1.27 bits per heavy atom. The number of carbonyl (C=O) groups excluding carboxylic acids is 1. The van der Waals surface area contributed by atoms with Crippen LogP contribution >= 0.6 is 11.8 Å². The van der Waals surface area contributed by atoms with Crippen LogP contribution in [0.4, 0.5) is 5.69 Å². The molecule has 0 aliphatic heterocycles. The summed E-state index contributed by atoms with van der Waals surface area (Å²) in [6, 6.07) is 10.2. The number of nitrogens with one attached hydrogen (secondary N) is 1. The van der Waals surface area contributed by atoms with Gasteiger partial charge in [0.2, 0.25) is 5.91 Å². The van der Waals surface area contributed by atoms with E-state index in [1.165, 1.54) is 29.3 Å². The number of hydrogen-bond donors (Lipinski definition) is 1. The predicted molar refractivity (Wildman–Crippen MR) is 105 cm³/mol. The van der Waals surface area contributed by atoms with Gasteiger partial charge < -0.3 is 5.32 Å². The van der Waals surface area contributed by atoms with Crippen LogP contribution in [0.25, 0.3) is 0 Å². The number of hydrogen-bond acceptors (Lipinski definition) is 4. The molecule has 26 heavy (non-hydrogen) atoms. The second kappa shape index (κ2) is 8.37. The average Bonchev–Trinajstić information content (AvgIpc) is 2.63. The van der Waals surface area contributed by atoms with E-state index in [9.17, 15) is 10.1 Å². The van der Waals surface area contributed by atoms with Gasteiger partial charge in [0, 0.05) is 23.6 Å². The molecule has 1 aromatic carbocycles. The highest BCUT2D eigenvalue weighted by molar-refractivity contribution is 7.99. The summed E-state index contributed by atoms with van der Waals surface area (Å²) in [6.45, 7) is 4.03. The minimum Gasteiger partial charge on any atom is -0.326 e. The fourth-order valence-electron chi connectivity index (χ4n) is 3.21. The molecule has 1 aliphatic rings. The number of nitrogens with zero attached hydrogens (tertiary/aromatic N) is 2. The fraction of sp³-hybridized carbons (Fsp3) is 0.381. The monoisotopic (exact) mass is 365 g/mol. The van der Waals surface area contributed by atoms with Crippen molar-refractivity contribution in [1.82, 2.24) is 4.98 Å². The fourth-order valence-corrected chi connectivity index (χ4v) is 4.13. The van der Waals surface area contributed by atoms with Gasteiger partial charge in [-0.05, 0) is 62.8 Å². The van der Waals surface area contributed by atoms with Crippen molar-refractivity contribution in [2.24, 2.45) is 0 Å². The summed E-state index contributed by atoms with van der Waals surface area (Å²) in [4.78, 5) is 16.9. The van der Waals surface area contributed by atoms with Gasteiger partial charge >= 0.3 is 0 Å². The lowest BCUT2D eigenvalue weighted by molar-refractivity contribution is -0.115. The SMILES string of the molecule is Cc1ccc(NC(=O)CCSc2nc3c(cc2C#N)CCCC3)c(C)c1. The van der Waals surface area contributed by atoms with Gasteiger partial charge in [-0.15, -0.1) is 11.8 Å². The van der Waals surface area contributed by atoms with Crippen LogP contribution in [-0.4, -0.2) is 16.6 Å². The second-order valence-corrected chi connectivity index (χ2v) is 7.81. The van der Waals surface area contributed by atoms with Crippen LogP contribution in [0.3, 0.4) is 0 Å². The first kappa shape index (κ1) is 18.5. The third-order valence-electron chi connectivity index (χ3n) is 4.61. The first-order valence-corrected chi connectivity index (χ1v) is 9.98. The summed E-state index contributed by atoms with van der Waals surface area (Å²) in [5.41, 5.74) is 6.07. The van der Waals surface area contributed by atoms with Crippen molar-refractivity contribution in [2.45, 2.75) is 51.0 Å². The predicted octanol–water partition coefficient (Wildman–Crippen LogP) is 4.57. The highest BCUT2D eigenvalue weighted by Crippen LogP contribution is 2.27. The number of carbonyl (C=O) groups is 1. The van der Waals surface area contributed by atoms with Crippen molar-refractivity contribution in [2.75, 3.05) is 11.1 Å². The quantitative estimate of drug-likeness (QED) is 0.788. The normalized spacial score (nSPS) is 13.0. The van der Waals surface area contributed by atoms with Crippen molar-refractivity contribution < 1.29 is 4.79 Å². The number of benzene rings is 1. The van der Waals surface area contributed by atoms with Gasteiger partial charge in [0.05, 0.1) is 5.56 Å². The maximum absolute atomic E-state index is 12.2. The molecule has 1 aliphatic carbocycles. The molecular formula is C21H23N3OS. The molecule has 0 radical (unpaired) electrons. The van der Waals surface area contributed by atoms with Gasteiger partial charge in [-0.1, -0.05) is 17.7 Å². The van der Waals surface area contributed by atoms with E-state index in [2.05, 4.69) is 17.5 Å². The second-order valence-electron chi connectivity index (χ2n) is 6.73. The molecular weight excluding hydrogens is 342 g/mol. The van der Waals surface area contributed by atoms with Gasteiger partial charge in [0.1, 0.15) is 11.1 Å². The summed E-state index contributed by atoms with van der Waals surface area (Å²) in [7, 11) is 0. The van der Waals surface area contributed by atoms with Crippen LogP contribution < -0.4 is 5.32 Å². The number of amides is 1. The molecule has 0 saturated carbocycles. The first-order chi connectivity index (χ1) is 12.6. The zero-order valence-electron chi connectivity index (χ0n) is 15.3. The zero-order chi connectivity index (χ0) is 18.5. The summed E-state index contributed by atoms with van der Waals surface area (Å²) < 4.78 is 0. The van der Waals surface area contributed by atoms with Crippen molar-refractivity contribution >= 4 is 23.4 Å². The minimum absolute atomic E-state index is 0.0130. The summed E-state index contributed by atoms with van der Waals surface area (Å²) in [5, 5.41) is 13.1. The molecule has 0 spiro atoms. The molecule has 0 saturated heterocycles. The molecule has 1 aromatic heterocycles. The van der Waals surface area contributed by atoms with Crippen molar-refractivity contribution in [3.05, 3.63) is 52.2 Å². The minimum atomic E-state index is -0.0130. The molecule has 4 nitrogen and oxygen atoms in total. The average molecular weight is 366 g/mol. The molecule has 1 heterocycles. The highest BCUT2D eigenvalue weighted by Gasteiger charge is 2.16. The summed E-state index contributed by atoms with van der Waals surface area (Å²) in [5.74, 6) is 0.595.